The van der Waals surface area contributed by atoms with Crippen LogP contribution in [0.5, 0.6) is 0 Å². The quantitative estimate of drug-likeness (QED) is 0.908. The summed E-state index contributed by atoms with van der Waals surface area (Å²) in [4.78, 5) is 27.3. The molecule has 2 aliphatic rings. The first kappa shape index (κ1) is 16.4. The minimum absolute atomic E-state index is 0.00900. The Bertz CT molecular complexity index is 728. The molecular weight excluding hydrogens is 340 g/mol. The fourth-order valence-electron chi connectivity index (χ4n) is 3.65. The van der Waals surface area contributed by atoms with Crippen LogP contribution in [0.25, 0.3) is 0 Å². The Morgan fingerprint density at radius 1 is 1.36 bits per heavy atom. The predicted molar refractivity (Wildman–Crippen MR) is 92.2 cm³/mol. The first-order valence-corrected chi connectivity index (χ1v) is 9.41. The molecule has 4 heterocycles. The number of likely N-dealkylation sites (tertiary alicyclic amines) is 1. The molecule has 2 aromatic heterocycles. The Balaban J connectivity index is 1.46. The number of rotatable bonds is 4. The van der Waals surface area contributed by atoms with Gasteiger partial charge in [0.1, 0.15) is 5.76 Å². The summed E-state index contributed by atoms with van der Waals surface area (Å²) in [5.74, 6) is 0.376. The highest BCUT2D eigenvalue weighted by Crippen LogP contribution is 2.32. The second kappa shape index (κ2) is 7.01. The summed E-state index contributed by atoms with van der Waals surface area (Å²) in [6.45, 7) is 1.43. The Labute approximate surface area is 149 Å². The fourth-order valence-corrected chi connectivity index (χ4v) is 4.28. The van der Waals surface area contributed by atoms with E-state index in [1.807, 2.05) is 27.8 Å². The fraction of sp³-hybridized carbons (Fsp3) is 0.444. The molecule has 25 heavy (non-hydrogen) atoms. The Morgan fingerprint density at radius 3 is 3.04 bits per heavy atom. The molecule has 0 spiro atoms. The molecule has 7 heteroatoms. The van der Waals surface area contributed by atoms with Gasteiger partial charge in [-0.3, -0.25) is 9.59 Å². The standard InChI is InChI=1S/C18H20N2O4S/c21-17(19-9-14-2-1-5-23-14)13-8-16-15(3-6-24-16)20(10-13)18(22)12-4-7-25-11-12/h1-2,4-5,7,11,13,15-16H,3,6,8-10H2,(H,19,21)/t13-,15+,16+/m0/s1. The zero-order valence-corrected chi connectivity index (χ0v) is 14.5. The molecule has 3 atom stereocenters. The van der Waals surface area contributed by atoms with Gasteiger partial charge in [-0.15, -0.1) is 0 Å². The van der Waals surface area contributed by atoms with Crippen LogP contribution in [0.15, 0.2) is 39.6 Å². The van der Waals surface area contributed by atoms with Crippen molar-refractivity contribution in [1.82, 2.24) is 10.2 Å². The van der Waals surface area contributed by atoms with E-state index in [2.05, 4.69) is 5.32 Å². The number of fused-ring (bicyclic) bond motifs is 1. The van der Waals surface area contributed by atoms with Crippen molar-refractivity contribution in [2.75, 3.05) is 13.2 Å². The van der Waals surface area contributed by atoms with Crippen LogP contribution < -0.4 is 5.32 Å². The highest BCUT2D eigenvalue weighted by atomic mass is 32.1. The van der Waals surface area contributed by atoms with E-state index in [1.165, 1.54) is 11.3 Å². The third kappa shape index (κ3) is 3.34. The van der Waals surface area contributed by atoms with Gasteiger partial charge in [-0.25, -0.2) is 0 Å². The van der Waals surface area contributed by atoms with Gasteiger partial charge in [-0.05, 0) is 36.4 Å². The van der Waals surface area contributed by atoms with E-state index in [-0.39, 0.29) is 29.9 Å². The third-order valence-electron chi connectivity index (χ3n) is 4.93. The lowest BCUT2D eigenvalue weighted by molar-refractivity contribution is -0.129. The van der Waals surface area contributed by atoms with Gasteiger partial charge in [0.2, 0.25) is 5.91 Å². The number of amides is 2. The molecular formula is C18H20N2O4S. The van der Waals surface area contributed by atoms with Crippen molar-refractivity contribution in [3.63, 3.8) is 0 Å². The number of hydrogen-bond acceptors (Lipinski definition) is 5. The number of hydrogen-bond donors (Lipinski definition) is 1. The van der Waals surface area contributed by atoms with E-state index in [0.717, 1.165) is 6.42 Å². The van der Waals surface area contributed by atoms with Gasteiger partial charge in [-0.2, -0.15) is 11.3 Å². The number of nitrogens with zero attached hydrogens (tertiary/aromatic N) is 1. The topological polar surface area (TPSA) is 71.8 Å². The number of furan rings is 1. The Hall–Kier alpha value is -2.12. The number of carbonyl (C=O) groups excluding carboxylic acids is 2. The second-order valence-corrected chi connectivity index (χ2v) is 7.24. The van der Waals surface area contributed by atoms with Crippen LogP contribution in [0.3, 0.4) is 0 Å². The van der Waals surface area contributed by atoms with Crippen LogP contribution in [-0.2, 0) is 16.1 Å². The van der Waals surface area contributed by atoms with E-state index in [9.17, 15) is 9.59 Å². The Morgan fingerprint density at radius 2 is 2.28 bits per heavy atom. The summed E-state index contributed by atoms with van der Waals surface area (Å²) in [6.07, 6.45) is 3.01. The lowest BCUT2D eigenvalue weighted by atomic mass is 9.89. The van der Waals surface area contributed by atoms with E-state index < -0.39 is 0 Å². The van der Waals surface area contributed by atoms with Gasteiger partial charge in [0.25, 0.3) is 5.91 Å². The van der Waals surface area contributed by atoms with Crippen LogP contribution in [0, 0.1) is 5.92 Å². The summed E-state index contributed by atoms with van der Waals surface area (Å²) < 4.78 is 11.0. The number of thiophene rings is 1. The molecule has 2 amide bonds. The summed E-state index contributed by atoms with van der Waals surface area (Å²) in [6, 6.07) is 5.52. The van der Waals surface area contributed by atoms with E-state index in [4.69, 9.17) is 9.15 Å². The van der Waals surface area contributed by atoms with Crippen molar-refractivity contribution in [3.05, 3.63) is 46.5 Å². The zero-order valence-electron chi connectivity index (χ0n) is 13.7. The van der Waals surface area contributed by atoms with Crippen LogP contribution in [0.4, 0.5) is 0 Å². The van der Waals surface area contributed by atoms with Crippen molar-refractivity contribution in [3.8, 4) is 0 Å². The highest BCUT2D eigenvalue weighted by molar-refractivity contribution is 7.08. The number of nitrogens with one attached hydrogen (secondary N) is 1. The molecule has 132 valence electrons. The van der Waals surface area contributed by atoms with Gasteiger partial charge in [0.15, 0.2) is 0 Å². The van der Waals surface area contributed by atoms with E-state index >= 15 is 0 Å². The van der Waals surface area contributed by atoms with Crippen molar-refractivity contribution in [2.45, 2.75) is 31.5 Å². The summed E-state index contributed by atoms with van der Waals surface area (Å²) in [5, 5.41) is 6.66. The first-order valence-electron chi connectivity index (χ1n) is 8.47. The predicted octanol–water partition coefficient (Wildman–Crippen LogP) is 2.28. The minimum Gasteiger partial charge on any atom is -0.467 e. The second-order valence-electron chi connectivity index (χ2n) is 6.46. The maximum Gasteiger partial charge on any atom is 0.255 e. The largest absolute Gasteiger partial charge is 0.467 e. The molecule has 1 N–H and O–H groups in total. The van der Waals surface area contributed by atoms with Gasteiger partial charge in [-0.1, -0.05) is 0 Å². The molecule has 4 rings (SSSR count). The van der Waals surface area contributed by atoms with E-state index in [1.54, 1.807) is 12.3 Å². The minimum atomic E-state index is -0.267. The van der Waals surface area contributed by atoms with Crippen molar-refractivity contribution in [2.24, 2.45) is 5.92 Å². The van der Waals surface area contributed by atoms with Gasteiger partial charge in [0, 0.05) is 18.5 Å². The van der Waals surface area contributed by atoms with E-state index in [0.29, 0.717) is 37.4 Å². The smallest absolute Gasteiger partial charge is 0.255 e. The summed E-state index contributed by atoms with van der Waals surface area (Å²) >= 11 is 1.50. The molecule has 0 bridgehead atoms. The molecule has 0 aliphatic carbocycles. The van der Waals surface area contributed by atoms with Crippen LogP contribution in [0.1, 0.15) is 29.0 Å². The van der Waals surface area contributed by atoms with Crippen molar-refractivity contribution >= 4 is 23.2 Å². The number of ether oxygens (including phenoxy) is 1. The normalized spacial score (nSPS) is 25.6. The number of piperidine rings is 1. The highest BCUT2D eigenvalue weighted by Gasteiger charge is 2.44. The lowest BCUT2D eigenvalue weighted by Crippen LogP contribution is -2.54. The van der Waals surface area contributed by atoms with Gasteiger partial charge < -0.3 is 19.4 Å². The van der Waals surface area contributed by atoms with Crippen LogP contribution >= 0.6 is 11.3 Å². The SMILES string of the molecule is O=C(NCc1ccco1)[C@H]1C[C@H]2OCC[C@H]2N(C(=O)c2ccsc2)C1. The Kier molecular flexibility index (Phi) is 4.59. The molecule has 0 unspecified atom stereocenters. The summed E-state index contributed by atoms with van der Waals surface area (Å²) in [7, 11) is 0. The molecule has 6 nitrogen and oxygen atoms in total. The maximum atomic E-state index is 12.8. The zero-order chi connectivity index (χ0) is 17.2. The number of carbonyl (C=O) groups is 2. The van der Waals surface area contributed by atoms with Gasteiger partial charge in [0.05, 0.1) is 36.4 Å². The molecule has 0 saturated carbocycles. The van der Waals surface area contributed by atoms with Crippen LogP contribution in [0.2, 0.25) is 0 Å². The van der Waals surface area contributed by atoms with Crippen LogP contribution in [-0.4, -0.2) is 42.0 Å². The molecule has 0 radical (unpaired) electrons. The summed E-state index contributed by atoms with van der Waals surface area (Å²) in [5.41, 5.74) is 0.687. The van der Waals surface area contributed by atoms with Crippen molar-refractivity contribution < 1.29 is 18.7 Å². The van der Waals surface area contributed by atoms with Crippen molar-refractivity contribution in [1.29, 1.82) is 0 Å². The molecule has 2 aliphatic heterocycles. The molecule has 0 aromatic carbocycles. The average molecular weight is 360 g/mol. The monoisotopic (exact) mass is 360 g/mol. The molecule has 2 fully saturated rings. The maximum absolute atomic E-state index is 12.8. The molecule has 2 saturated heterocycles. The first-order chi connectivity index (χ1) is 12.2. The average Bonchev–Trinajstić information content (AvgIpc) is 3.40. The van der Waals surface area contributed by atoms with Gasteiger partial charge >= 0.3 is 0 Å². The lowest BCUT2D eigenvalue weighted by Gasteiger charge is -2.40. The third-order valence-corrected chi connectivity index (χ3v) is 5.61. The molecule has 2 aromatic rings.